The summed E-state index contributed by atoms with van der Waals surface area (Å²) in [4.78, 5) is 13.7. The topological polar surface area (TPSA) is 67.6 Å². The number of nitrogens with one attached hydrogen (secondary N) is 1. The van der Waals surface area contributed by atoms with Crippen molar-refractivity contribution in [1.29, 1.82) is 0 Å². The number of carbonyl (C=O) groups is 1. The third-order valence-electron chi connectivity index (χ3n) is 3.07. The molecule has 2 rings (SSSR count). The van der Waals surface area contributed by atoms with Crippen molar-refractivity contribution >= 4 is 11.8 Å². The van der Waals surface area contributed by atoms with Crippen LogP contribution in [-0.2, 0) is 4.79 Å². The fourth-order valence-electron chi connectivity index (χ4n) is 1.88. The molecular weight excluding hydrogens is 282 g/mol. The van der Waals surface area contributed by atoms with Crippen LogP contribution < -0.4 is 10.1 Å². The predicted octanol–water partition coefficient (Wildman–Crippen LogP) is 2.24. The average Bonchev–Trinajstić information content (AvgIpc) is 2.86. The lowest BCUT2D eigenvalue weighted by atomic mass is 10.2. The van der Waals surface area contributed by atoms with E-state index in [0.29, 0.717) is 19.0 Å². The summed E-state index contributed by atoms with van der Waals surface area (Å²) in [5.74, 6) is 1.06. The van der Waals surface area contributed by atoms with Gasteiger partial charge in [-0.1, -0.05) is 22.9 Å². The minimum Gasteiger partial charge on any atom is -0.492 e. The van der Waals surface area contributed by atoms with Crippen molar-refractivity contribution < 1.29 is 14.1 Å². The van der Waals surface area contributed by atoms with E-state index >= 15 is 0 Å². The summed E-state index contributed by atoms with van der Waals surface area (Å²) in [7, 11) is 1.86. The van der Waals surface area contributed by atoms with Gasteiger partial charge in [0.2, 0.25) is 11.8 Å². The SMILES string of the molecule is Cc1ccc(OCCN(C)CC(=O)Nc2cc(C)no2)cc1. The Morgan fingerprint density at radius 2 is 2.05 bits per heavy atom. The highest BCUT2D eigenvalue weighted by Gasteiger charge is 2.09. The lowest BCUT2D eigenvalue weighted by molar-refractivity contribution is -0.117. The van der Waals surface area contributed by atoms with E-state index in [1.54, 1.807) is 13.0 Å². The van der Waals surface area contributed by atoms with Gasteiger partial charge in [-0.25, -0.2) is 0 Å². The summed E-state index contributed by atoms with van der Waals surface area (Å²) >= 11 is 0. The molecule has 0 atom stereocenters. The summed E-state index contributed by atoms with van der Waals surface area (Å²) in [6, 6.07) is 9.57. The van der Waals surface area contributed by atoms with E-state index in [9.17, 15) is 4.79 Å². The Morgan fingerprint density at radius 1 is 1.32 bits per heavy atom. The largest absolute Gasteiger partial charge is 0.492 e. The molecule has 0 bridgehead atoms. The number of likely N-dealkylation sites (N-methyl/N-ethyl adjacent to an activating group) is 1. The Kier molecular flexibility index (Phi) is 5.55. The first kappa shape index (κ1) is 16.0. The number of ether oxygens (including phenoxy) is 1. The maximum absolute atomic E-state index is 11.8. The zero-order valence-electron chi connectivity index (χ0n) is 13.1. The molecule has 0 aliphatic rings. The maximum atomic E-state index is 11.8. The molecule has 1 heterocycles. The molecule has 6 heteroatoms. The molecule has 0 saturated carbocycles. The van der Waals surface area contributed by atoms with Gasteiger partial charge in [0.15, 0.2) is 0 Å². The maximum Gasteiger partial charge on any atom is 0.240 e. The van der Waals surface area contributed by atoms with Crippen molar-refractivity contribution in [3.05, 3.63) is 41.6 Å². The van der Waals surface area contributed by atoms with Crippen LogP contribution in [0.4, 0.5) is 5.88 Å². The van der Waals surface area contributed by atoms with Crippen molar-refractivity contribution in [3.8, 4) is 5.75 Å². The molecule has 0 saturated heterocycles. The van der Waals surface area contributed by atoms with E-state index in [4.69, 9.17) is 9.26 Å². The van der Waals surface area contributed by atoms with Crippen LogP contribution >= 0.6 is 0 Å². The number of benzene rings is 1. The monoisotopic (exact) mass is 303 g/mol. The molecule has 1 aromatic heterocycles. The fraction of sp³-hybridized carbons (Fsp3) is 0.375. The fourth-order valence-corrected chi connectivity index (χ4v) is 1.88. The molecular formula is C16H21N3O3. The van der Waals surface area contributed by atoms with Crippen LogP contribution in [0.3, 0.4) is 0 Å². The van der Waals surface area contributed by atoms with E-state index in [1.165, 1.54) is 5.56 Å². The number of nitrogens with zero attached hydrogens (tertiary/aromatic N) is 2. The molecule has 0 unspecified atom stereocenters. The lowest BCUT2D eigenvalue weighted by Gasteiger charge is -2.16. The van der Waals surface area contributed by atoms with Gasteiger partial charge < -0.3 is 9.26 Å². The Morgan fingerprint density at radius 3 is 2.68 bits per heavy atom. The number of carbonyl (C=O) groups excluding carboxylic acids is 1. The van der Waals surface area contributed by atoms with E-state index in [1.807, 2.05) is 43.1 Å². The van der Waals surface area contributed by atoms with Crippen molar-refractivity contribution in [3.63, 3.8) is 0 Å². The molecule has 0 fully saturated rings. The van der Waals surface area contributed by atoms with Gasteiger partial charge >= 0.3 is 0 Å². The van der Waals surface area contributed by atoms with Crippen molar-refractivity contribution in [2.45, 2.75) is 13.8 Å². The van der Waals surface area contributed by atoms with Gasteiger partial charge in [0.25, 0.3) is 0 Å². The molecule has 0 radical (unpaired) electrons. The van der Waals surface area contributed by atoms with Crippen LogP contribution in [0.2, 0.25) is 0 Å². The van der Waals surface area contributed by atoms with Gasteiger partial charge in [-0.3, -0.25) is 15.0 Å². The number of amides is 1. The van der Waals surface area contributed by atoms with Gasteiger partial charge in [-0.15, -0.1) is 0 Å². The van der Waals surface area contributed by atoms with Gasteiger partial charge in [-0.2, -0.15) is 0 Å². The van der Waals surface area contributed by atoms with E-state index < -0.39 is 0 Å². The molecule has 2 aromatic rings. The third-order valence-corrected chi connectivity index (χ3v) is 3.07. The molecule has 0 spiro atoms. The minimum absolute atomic E-state index is 0.144. The van der Waals surface area contributed by atoms with Crippen LogP contribution in [-0.4, -0.2) is 42.7 Å². The number of hydrogen-bond donors (Lipinski definition) is 1. The number of rotatable bonds is 7. The second-order valence-corrected chi connectivity index (χ2v) is 5.28. The van der Waals surface area contributed by atoms with Crippen LogP contribution in [0.1, 0.15) is 11.3 Å². The highest BCUT2D eigenvalue weighted by atomic mass is 16.5. The normalized spacial score (nSPS) is 10.7. The Hall–Kier alpha value is -2.34. The zero-order chi connectivity index (χ0) is 15.9. The molecule has 6 nitrogen and oxygen atoms in total. The second kappa shape index (κ2) is 7.61. The zero-order valence-corrected chi connectivity index (χ0v) is 13.1. The van der Waals surface area contributed by atoms with Crippen LogP contribution in [0.5, 0.6) is 5.75 Å². The first-order valence-corrected chi connectivity index (χ1v) is 7.14. The third kappa shape index (κ3) is 5.21. The standard InChI is InChI=1S/C16H21N3O3/c1-12-4-6-14(7-5-12)21-9-8-19(3)11-15(20)17-16-10-13(2)18-22-16/h4-7,10H,8-9,11H2,1-3H3,(H,17,20). The van der Waals surface area contributed by atoms with Crippen molar-refractivity contribution in [2.24, 2.45) is 0 Å². The first-order valence-electron chi connectivity index (χ1n) is 7.14. The Balaban J connectivity index is 1.67. The van der Waals surface area contributed by atoms with Crippen LogP contribution in [0.25, 0.3) is 0 Å². The molecule has 1 N–H and O–H groups in total. The molecule has 118 valence electrons. The van der Waals surface area contributed by atoms with E-state index in [2.05, 4.69) is 10.5 Å². The van der Waals surface area contributed by atoms with E-state index in [-0.39, 0.29) is 12.5 Å². The summed E-state index contributed by atoms with van der Waals surface area (Å²) < 4.78 is 10.6. The highest BCUT2D eigenvalue weighted by molar-refractivity contribution is 5.90. The molecule has 0 aliphatic heterocycles. The molecule has 1 amide bonds. The van der Waals surface area contributed by atoms with Gasteiger partial charge in [-0.05, 0) is 33.0 Å². The molecule has 0 aliphatic carbocycles. The quantitative estimate of drug-likeness (QED) is 0.849. The summed E-state index contributed by atoms with van der Waals surface area (Å²) in [5, 5.41) is 6.37. The first-order chi connectivity index (χ1) is 10.5. The van der Waals surface area contributed by atoms with E-state index in [0.717, 1.165) is 11.4 Å². The number of hydrogen-bond acceptors (Lipinski definition) is 5. The number of anilines is 1. The minimum atomic E-state index is -0.144. The van der Waals surface area contributed by atoms with Crippen LogP contribution in [0, 0.1) is 13.8 Å². The predicted molar refractivity (Wildman–Crippen MR) is 84.0 cm³/mol. The highest BCUT2D eigenvalue weighted by Crippen LogP contribution is 2.11. The van der Waals surface area contributed by atoms with Gasteiger partial charge in [0.1, 0.15) is 12.4 Å². The average molecular weight is 303 g/mol. The summed E-state index contributed by atoms with van der Waals surface area (Å²) in [6.45, 7) is 5.27. The number of aromatic nitrogens is 1. The summed E-state index contributed by atoms with van der Waals surface area (Å²) in [6.07, 6.45) is 0. The van der Waals surface area contributed by atoms with Gasteiger partial charge in [0.05, 0.1) is 12.2 Å². The Bertz CT molecular complexity index is 607. The van der Waals surface area contributed by atoms with Crippen molar-refractivity contribution in [1.82, 2.24) is 10.1 Å². The van der Waals surface area contributed by atoms with Crippen molar-refractivity contribution in [2.75, 3.05) is 32.1 Å². The van der Waals surface area contributed by atoms with Gasteiger partial charge in [0, 0.05) is 12.6 Å². The second-order valence-electron chi connectivity index (χ2n) is 5.28. The Labute approximate surface area is 130 Å². The number of aryl methyl sites for hydroxylation is 2. The molecule has 22 heavy (non-hydrogen) atoms. The lowest BCUT2D eigenvalue weighted by Crippen LogP contribution is -2.33. The van der Waals surface area contributed by atoms with Crippen LogP contribution in [0.15, 0.2) is 34.9 Å². The smallest absolute Gasteiger partial charge is 0.240 e. The molecule has 1 aromatic carbocycles. The summed E-state index contributed by atoms with van der Waals surface area (Å²) in [5.41, 5.74) is 1.93.